The highest BCUT2D eigenvalue weighted by Gasteiger charge is 2.19. The van der Waals surface area contributed by atoms with Gasteiger partial charge in [-0.25, -0.2) is 4.79 Å². The molecule has 2 aromatic carbocycles. The van der Waals surface area contributed by atoms with Crippen LogP contribution in [-0.2, 0) is 0 Å². The van der Waals surface area contributed by atoms with Gasteiger partial charge in [0.15, 0.2) is 5.43 Å². The highest BCUT2D eigenvalue weighted by atomic mass is 16.4. The topological polar surface area (TPSA) is 87.7 Å². The number of hydrogen-bond donors (Lipinski definition) is 2. The van der Waals surface area contributed by atoms with E-state index in [4.69, 9.17) is 4.42 Å². The minimum atomic E-state index is -1.01. The Morgan fingerprint density at radius 1 is 0.929 bits per heavy atom. The van der Waals surface area contributed by atoms with Crippen LogP contribution in [0, 0.1) is 6.92 Å². The van der Waals surface area contributed by atoms with E-state index in [-0.39, 0.29) is 16.7 Å². The van der Waals surface area contributed by atoms with Crippen LogP contribution in [0.15, 0.2) is 63.8 Å². The molecule has 0 bridgehead atoms. The Bertz CT molecular complexity index is 1200. The fraction of sp³-hybridized carbons (Fsp3) is 0.130. The molecule has 0 spiro atoms. The number of carbonyl (C=O) groups is 1. The molecule has 0 fully saturated rings. The van der Waals surface area contributed by atoms with Crippen LogP contribution in [0.2, 0.25) is 0 Å². The van der Waals surface area contributed by atoms with Crippen molar-refractivity contribution in [2.75, 3.05) is 0 Å². The van der Waals surface area contributed by atoms with Crippen molar-refractivity contribution in [2.24, 2.45) is 0 Å². The summed E-state index contributed by atoms with van der Waals surface area (Å²) in [7, 11) is 0. The number of phenolic OH excluding ortho intramolecular Hbond substituents is 1. The van der Waals surface area contributed by atoms with Gasteiger partial charge in [-0.05, 0) is 54.4 Å². The molecule has 2 aromatic rings. The predicted molar refractivity (Wildman–Crippen MR) is 109 cm³/mol. The summed E-state index contributed by atoms with van der Waals surface area (Å²) in [5.41, 5.74) is 3.49. The molecule has 1 aliphatic carbocycles. The van der Waals surface area contributed by atoms with Crippen molar-refractivity contribution in [3.05, 3.63) is 75.9 Å². The minimum absolute atomic E-state index is 0.0424. The molecule has 0 aromatic heterocycles. The van der Waals surface area contributed by atoms with Crippen molar-refractivity contribution >= 4 is 16.9 Å². The number of rotatable bonds is 2. The molecule has 1 heterocycles. The van der Waals surface area contributed by atoms with Crippen molar-refractivity contribution in [3.8, 4) is 28.2 Å². The third-order valence-electron chi connectivity index (χ3n) is 4.43. The SMILES string of the molecule is CC.Cc1ccc(C(=O)O)cc1-c1c2ccc(=O)cc-2oc2cc(O)ccc12. The summed E-state index contributed by atoms with van der Waals surface area (Å²) in [6, 6.07) is 14.2. The number of hydrogen-bond acceptors (Lipinski definition) is 4. The summed E-state index contributed by atoms with van der Waals surface area (Å²) in [5.74, 6) is -0.591. The lowest BCUT2D eigenvalue weighted by Crippen LogP contribution is -2.01. The molecular formula is C23H20O5. The van der Waals surface area contributed by atoms with Crippen molar-refractivity contribution in [3.63, 3.8) is 0 Å². The van der Waals surface area contributed by atoms with E-state index in [0.717, 1.165) is 22.1 Å². The van der Waals surface area contributed by atoms with Crippen molar-refractivity contribution in [2.45, 2.75) is 20.8 Å². The summed E-state index contributed by atoms with van der Waals surface area (Å²) >= 11 is 0. The van der Waals surface area contributed by atoms with E-state index >= 15 is 0 Å². The standard InChI is InChI=1S/C21H14O5.C2H6/c1-11-2-3-12(21(24)25)8-17(11)20-15-6-4-13(22)9-18(15)26-19-10-14(23)5-7-16(19)20;1-2/h2-10,22H,1H3,(H,24,25);1-2H3. The number of aromatic carboxylic acids is 1. The van der Waals surface area contributed by atoms with Crippen molar-refractivity contribution in [1.29, 1.82) is 0 Å². The Labute approximate surface area is 161 Å². The van der Waals surface area contributed by atoms with Crippen LogP contribution in [0.25, 0.3) is 33.4 Å². The second-order valence-corrected chi connectivity index (χ2v) is 6.15. The van der Waals surface area contributed by atoms with Crippen LogP contribution in [0.3, 0.4) is 0 Å². The Morgan fingerprint density at radius 3 is 2.39 bits per heavy atom. The minimum Gasteiger partial charge on any atom is -0.508 e. The molecular weight excluding hydrogens is 356 g/mol. The van der Waals surface area contributed by atoms with E-state index in [2.05, 4.69) is 0 Å². The van der Waals surface area contributed by atoms with Crippen LogP contribution >= 0.6 is 0 Å². The predicted octanol–water partition coefficient (Wildman–Crippen LogP) is 5.30. The Kier molecular flexibility index (Phi) is 5.18. The third kappa shape index (κ3) is 3.34. The Morgan fingerprint density at radius 2 is 1.68 bits per heavy atom. The molecule has 0 saturated carbocycles. The van der Waals surface area contributed by atoms with Crippen LogP contribution < -0.4 is 5.43 Å². The molecule has 2 N–H and O–H groups in total. The fourth-order valence-corrected chi connectivity index (χ4v) is 3.17. The van der Waals surface area contributed by atoms with E-state index in [1.54, 1.807) is 36.4 Å². The number of carboxylic acids is 1. The number of phenols is 1. The Hall–Kier alpha value is -3.60. The number of benzene rings is 3. The first-order valence-electron chi connectivity index (χ1n) is 8.98. The van der Waals surface area contributed by atoms with Crippen LogP contribution in [0.4, 0.5) is 0 Å². The molecule has 0 unspecified atom stereocenters. The van der Waals surface area contributed by atoms with E-state index in [1.165, 1.54) is 18.2 Å². The first-order chi connectivity index (χ1) is 13.4. The molecule has 5 nitrogen and oxygen atoms in total. The maximum Gasteiger partial charge on any atom is 0.335 e. The highest BCUT2D eigenvalue weighted by molar-refractivity contribution is 6.03. The second-order valence-electron chi connectivity index (χ2n) is 6.15. The van der Waals surface area contributed by atoms with Crippen molar-refractivity contribution < 1.29 is 19.4 Å². The summed E-state index contributed by atoms with van der Waals surface area (Å²) in [4.78, 5) is 23.2. The average Bonchev–Trinajstić information content (AvgIpc) is 2.68. The van der Waals surface area contributed by atoms with Gasteiger partial charge in [-0.2, -0.15) is 0 Å². The van der Waals surface area contributed by atoms with Gasteiger partial charge in [-0.1, -0.05) is 19.9 Å². The molecule has 2 aliphatic rings. The molecule has 5 heteroatoms. The average molecular weight is 376 g/mol. The zero-order chi connectivity index (χ0) is 20.4. The van der Waals surface area contributed by atoms with E-state index in [0.29, 0.717) is 16.9 Å². The van der Waals surface area contributed by atoms with Gasteiger partial charge in [0.1, 0.15) is 17.1 Å². The maximum atomic E-state index is 11.8. The van der Waals surface area contributed by atoms with Gasteiger partial charge in [0.05, 0.1) is 5.56 Å². The molecule has 28 heavy (non-hydrogen) atoms. The smallest absolute Gasteiger partial charge is 0.335 e. The quantitative estimate of drug-likeness (QED) is 0.463. The Balaban J connectivity index is 0.00000109. The van der Waals surface area contributed by atoms with Gasteiger partial charge in [-0.15, -0.1) is 0 Å². The van der Waals surface area contributed by atoms with Gasteiger partial charge < -0.3 is 14.6 Å². The molecule has 1 aliphatic heterocycles. The fourth-order valence-electron chi connectivity index (χ4n) is 3.17. The lowest BCUT2D eigenvalue weighted by Gasteiger charge is -2.17. The molecule has 0 atom stereocenters. The molecule has 0 saturated heterocycles. The first-order valence-corrected chi connectivity index (χ1v) is 8.98. The van der Waals surface area contributed by atoms with Gasteiger partial charge in [0, 0.05) is 28.6 Å². The third-order valence-corrected chi connectivity index (χ3v) is 4.43. The first kappa shape index (κ1) is 19.2. The lowest BCUT2D eigenvalue weighted by molar-refractivity contribution is 0.0697. The van der Waals surface area contributed by atoms with Gasteiger partial charge in [0.2, 0.25) is 0 Å². The normalized spacial score (nSPS) is 10.5. The summed E-state index contributed by atoms with van der Waals surface area (Å²) < 4.78 is 5.81. The number of fused-ring (bicyclic) bond motifs is 2. The second kappa shape index (κ2) is 7.56. The number of aryl methyl sites for hydroxylation is 1. The van der Waals surface area contributed by atoms with E-state index in [1.807, 2.05) is 20.8 Å². The lowest BCUT2D eigenvalue weighted by atomic mass is 9.90. The monoisotopic (exact) mass is 376 g/mol. The number of carboxylic acid groups (broad SMARTS) is 1. The van der Waals surface area contributed by atoms with Crippen LogP contribution in [0.5, 0.6) is 5.75 Å². The molecule has 4 rings (SSSR count). The summed E-state index contributed by atoms with van der Waals surface area (Å²) in [6.07, 6.45) is 0. The zero-order valence-corrected chi connectivity index (χ0v) is 15.8. The van der Waals surface area contributed by atoms with Gasteiger partial charge in [0.25, 0.3) is 0 Å². The van der Waals surface area contributed by atoms with Crippen LogP contribution in [-0.4, -0.2) is 16.2 Å². The molecule has 142 valence electrons. The summed E-state index contributed by atoms with van der Waals surface area (Å²) in [5, 5.41) is 19.9. The van der Waals surface area contributed by atoms with Gasteiger partial charge in [-0.3, -0.25) is 4.79 Å². The van der Waals surface area contributed by atoms with Crippen LogP contribution in [0.1, 0.15) is 29.8 Å². The van der Waals surface area contributed by atoms with E-state index < -0.39 is 5.97 Å². The zero-order valence-electron chi connectivity index (χ0n) is 15.8. The van der Waals surface area contributed by atoms with Gasteiger partial charge >= 0.3 is 5.97 Å². The number of aromatic hydroxyl groups is 1. The maximum absolute atomic E-state index is 11.8. The van der Waals surface area contributed by atoms with Crippen molar-refractivity contribution in [1.82, 2.24) is 0 Å². The van der Waals surface area contributed by atoms with E-state index in [9.17, 15) is 19.8 Å². The molecule has 0 amide bonds. The largest absolute Gasteiger partial charge is 0.508 e. The highest BCUT2D eigenvalue weighted by Crippen LogP contribution is 2.41. The summed E-state index contributed by atoms with van der Waals surface area (Å²) in [6.45, 7) is 5.89. The molecule has 0 radical (unpaired) electrons.